The van der Waals surface area contributed by atoms with Gasteiger partial charge in [-0.3, -0.25) is 0 Å². The van der Waals surface area contributed by atoms with Crippen molar-refractivity contribution in [3.63, 3.8) is 0 Å². The van der Waals surface area contributed by atoms with Crippen LogP contribution in [0.15, 0.2) is 0 Å². The highest BCUT2D eigenvalue weighted by atomic mass is 79.9. The van der Waals surface area contributed by atoms with Crippen molar-refractivity contribution in [3.05, 3.63) is 0 Å². The summed E-state index contributed by atoms with van der Waals surface area (Å²) in [6.07, 6.45) is 5.55. The molecule has 1 fully saturated rings. The van der Waals surface area contributed by atoms with Gasteiger partial charge in [-0.25, -0.2) is 0 Å². The molecule has 0 amide bonds. The van der Waals surface area contributed by atoms with Gasteiger partial charge in [-0.15, -0.1) is 0 Å². The molecule has 0 N–H and O–H groups in total. The molecule has 0 radical (unpaired) electrons. The lowest BCUT2D eigenvalue weighted by Crippen LogP contribution is -2.22. The van der Waals surface area contributed by atoms with Crippen LogP contribution in [0.1, 0.15) is 39.5 Å². The normalized spacial score (nSPS) is 34.3. The van der Waals surface area contributed by atoms with Crippen molar-refractivity contribution in [3.8, 4) is 0 Å². The molecule has 0 aromatic rings. The molecule has 1 aliphatic carbocycles. The van der Waals surface area contributed by atoms with E-state index in [2.05, 4.69) is 29.8 Å². The first-order valence-corrected chi connectivity index (χ1v) is 4.66. The smallest absolute Gasteiger partial charge is 0.0150 e. The Labute approximate surface area is 66.2 Å². The summed E-state index contributed by atoms with van der Waals surface area (Å²) >= 11 is 3.66. The third-order valence-electron chi connectivity index (χ3n) is 2.14. The highest BCUT2D eigenvalue weighted by molar-refractivity contribution is 9.09. The molecule has 0 aromatic heterocycles. The van der Waals surface area contributed by atoms with Crippen molar-refractivity contribution < 1.29 is 0 Å². The minimum absolute atomic E-state index is 0.604. The van der Waals surface area contributed by atoms with Gasteiger partial charge in [-0.1, -0.05) is 36.2 Å². The molecule has 9 heavy (non-hydrogen) atoms. The van der Waals surface area contributed by atoms with Crippen LogP contribution in [0.3, 0.4) is 0 Å². The molecule has 0 heterocycles. The molecule has 1 atom stereocenters. The highest BCUT2D eigenvalue weighted by Gasteiger charge is 2.25. The fraction of sp³-hybridized carbons (Fsp3) is 1.00. The molecule has 1 aliphatic rings. The van der Waals surface area contributed by atoms with Gasteiger partial charge in [0, 0.05) is 4.83 Å². The summed E-state index contributed by atoms with van der Waals surface area (Å²) in [5.41, 5.74) is 0.604. The number of hydrogen-bond donors (Lipinski definition) is 0. The summed E-state index contributed by atoms with van der Waals surface area (Å²) in [5, 5.41) is 0. The van der Waals surface area contributed by atoms with Gasteiger partial charge >= 0.3 is 0 Å². The molecular weight excluding hydrogens is 176 g/mol. The van der Waals surface area contributed by atoms with Gasteiger partial charge in [0.2, 0.25) is 0 Å². The molecule has 54 valence electrons. The Balaban J connectivity index is 2.41. The third kappa shape index (κ3) is 2.29. The van der Waals surface area contributed by atoms with Crippen LogP contribution in [0.4, 0.5) is 0 Å². The van der Waals surface area contributed by atoms with E-state index >= 15 is 0 Å². The number of rotatable bonds is 0. The van der Waals surface area contributed by atoms with E-state index in [0.29, 0.717) is 5.41 Å². The van der Waals surface area contributed by atoms with Crippen molar-refractivity contribution in [2.45, 2.75) is 44.4 Å². The largest absolute Gasteiger partial charge is 0.0890 e. The van der Waals surface area contributed by atoms with Crippen LogP contribution in [0.25, 0.3) is 0 Å². The summed E-state index contributed by atoms with van der Waals surface area (Å²) < 4.78 is 0. The van der Waals surface area contributed by atoms with Crippen LogP contribution in [0.2, 0.25) is 0 Å². The quantitative estimate of drug-likeness (QED) is 0.515. The zero-order valence-electron chi connectivity index (χ0n) is 6.28. The van der Waals surface area contributed by atoms with Gasteiger partial charge in [0.05, 0.1) is 0 Å². The fourth-order valence-corrected chi connectivity index (χ4v) is 2.81. The van der Waals surface area contributed by atoms with E-state index in [9.17, 15) is 0 Å². The molecule has 0 spiro atoms. The summed E-state index contributed by atoms with van der Waals surface area (Å²) in [6.45, 7) is 4.72. The monoisotopic (exact) mass is 190 g/mol. The molecule has 0 aliphatic heterocycles. The van der Waals surface area contributed by atoms with E-state index in [1.807, 2.05) is 0 Å². The van der Waals surface area contributed by atoms with E-state index in [4.69, 9.17) is 0 Å². The Morgan fingerprint density at radius 1 is 1.44 bits per heavy atom. The predicted octanol–water partition coefficient (Wildman–Crippen LogP) is 3.35. The maximum Gasteiger partial charge on any atom is 0.0150 e. The summed E-state index contributed by atoms with van der Waals surface area (Å²) in [6, 6.07) is 0. The summed E-state index contributed by atoms with van der Waals surface area (Å²) in [4.78, 5) is 0.793. The summed E-state index contributed by atoms with van der Waals surface area (Å²) in [7, 11) is 0. The lowest BCUT2D eigenvalue weighted by Gasteiger charge is -2.32. The van der Waals surface area contributed by atoms with Gasteiger partial charge in [-0.2, -0.15) is 0 Å². The zero-order valence-corrected chi connectivity index (χ0v) is 7.87. The maximum absolute atomic E-state index is 3.66. The number of hydrogen-bond acceptors (Lipinski definition) is 0. The Hall–Kier alpha value is 0.480. The SMILES string of the molecule is CC1(C)CCC[C@@H](Br)C1. The second-order valence-corrected chi connectivity index (χ2v) is 5.15. The van der Waals surface area contributed by atoms with Crippen molar-refractivity contribution >= 4 is 15.9 Å². The lowest BCUT2D eigenvalue weighted by atomic mass is 9.78. The average Bonchev–Trinajstić information content (AvgIpc) is 1.60. The summed E-state index contributed by atoms with van der Waals surface area (Å²) in [5.74, 6) is 0. The average molecular weight is 191 g/mol. The molecule has 1 heteroatoms. The molecule has 0 nitrogen and oxygen atoms in total. The molecule has 0 saturated heterocycles. The first-order chi connectivity index (χ1) is 4.10. The molecule has 1 saturated carbocycles. The number of halogens is 1. The van der Waals surface area contributed by atoms with Crippen LogP contribution in [0.5, 0.6) is 0 Å². The highest BCUT2D eigenvalue weighted by Crippen LogP contribution is 2.37. The van der Waals surface area contributed by atoms with Crippen LogP contribution < -0.4 is 0 Å². The third-order valence-corrected chi connectivity index (χ3v) is 2.93. The topological polar surface area (TPSA) is 0 Å². The maximum atomic E-state index is 3.66. The Kier molecular flexibility index (Phi) is 2.20. The van der Waals surface area contributed by atoms with Gasteiger partial charge in [0.1, 0.15) is 0 Å². The van der Waals surface area contributed by atoms with Crippen molar-refractivity contribution in [1.29, 1.82) is 0 Å². The lowest BCUT2D eigenvalue weighted by molar-refractivity contribution is 0.253. The van der Waals surface area contributed by atoms with Crippen molar-refractivity contribution in [2.75, 3.05) is 0 Å². The second kappa shape index (κ2) is 2.61. The van der Waals surface area contributed by atoms with E-state index in [1.54, 1.807) is 0 Å². The molecule has 0 aromatic carbocycles. The van der Waals surface area contributed by atoms with Crippen LogP contribution in [-0.2, 0) is 0 Å². The Morgan fingerprint density at radius 3 is 2.44 bits per heavy atom. The molecular formula is C8H15Br. The van der Waals surface area contributed by atoms with Gasteiger partial charge in [-0.05, 0) is 24.7 Å². The van der Waals surface area contributed by atoms with Crippen LogP contribution in [0, 0.1) is 5.41 Å². The van der Waals surface area contributed by atoms with E-state index in [1.165, 1.54) is 25.7 Å². The van der Waals surface area contributed by atoms with Gasteiger partial charge in [0.15, 0.2) is 0 Å². The van der Waals surface area contributed by atoms with Gasteiger partial charge in [0.25, 0.3) is 0 Å². The number of alkyl halides is 1. The Bertz CT molecular complexity index is 96.7. The molecule has 0 bridgehead atoms. The minimum atomic E-state index is 0.604. The van der Waals surface area contributed by atoms with E-state index in [0.717, 1.165) is 4.83 Å². The van der Waals surface area contributed by atoms with E-state index < -0.39 is 0 Å². The van der Waals surface area contributed by atoms with Crippen molar-refractivity contribution in [1.82, 2.24) is 0 Å². The second-order valence-electron chi connectivity index (χ2n) is 3.86. The van der Waals surface area contributed by atoms with Crippen molar-refractivity contribution in [2.24, 2.45) is 5.41 Å². The van der Waals surface area contributed by atoms with Gasteiger partial charge < -0.3 is 0 Å². The Morgan fingerprint density at radius 2 is 2.11 bits per heavy atom. The first-order valence-electron chi connectivity index (χ1n) is 3.74. The zero-order chi connectivity index (χ0) is 6.91. The predicted molar refractivity (Wildman–Crippen MR) is 45.0 cm³/mol. The van der Waals surface area contributed by atoms with Crippen LogP contribution in [-0.4, -0.2) is 4.83 Å². The fourth-order valence-electron chi connectivity index (χ4n) is 1.61. The molecule has 1 rings (SSSR count). The van der Waals surface area contributed by atoms with Crippen LogP contribution >= 0.6 is 15.9 Å². The first kappa shape index (κ1) is 7.59. The standard InChI is InChI=1S/C8H15Br/c1-8(2)5-3-4-7(9)6-8/h7H,3-6H2,1-2H3/t7-/m1/s1. The molecule has 0 unspecified atom stereocenters. The minimum Gasteiger partial charge on any atom is -0.0890 e. The van der Waals surface area contributed by atoms with E-state index in [-0.39, 0.29) is 0 Å².